The van der Waals surface area contributed by atoms with Crippen LogP contribution in [-0.4, -0.2) is 16.1 Å². The number of benzene rings is 2. The zero-order valence-corrected chi connectivity index (χ0v) is 19.3. The van der Waals surface area contributed by atoms with E-state index in [1.54, 1.807) is 18.2 Å². The van der Waals surface area contributed by atoms with Crippen LogP contribution in [0.1, 0.15) is 63.0 Å². The molecule has 1 heterocycles. The molecule has 8 heteroatoms. The van der Waals surface area contributed by atoms with Gasteiger partial charge in [0.15, 0.2) is 0 Å². The number of hydrogen-bond donors (Lipinski definition) is 2. The largest absolute Gasteiger partial charge is 0.490 e. The molecule has 4 rings (SSSR count). The summed E-state index contributed by atoms with van der Waals surface area (Å²) in [6, 6.07) is 14.7. The second-order valence-electron chi connectivity index (χ2n) is 8.69. The molecular formula is C26H29F3N4O. The molecule has 1 unspecified atom stereocenters. The van der Waals surface area contributed by atoms with Gasteiger partial charge in [0, 0.05) is 23.6 Å². The van der Waals surface area contributed by atoms with Crippen LogP contribution < -0.4 is 15.4 Å². The van der Waals surface area contributed by atoms with Gasteiger partial charge in [-0.25, -0.2) is 4.98 Å². The fraction of sp³-hybridized carbons (Fsp3) is 0.385. The van der Waals surface area contributed by atoms with Gasteiger partial charge in [-0.15, -0.1) is 0 Å². The summed E-state index contributed by atoms with van der Waals surface area (Å²) < 4.78 is 46.9. The molecule has 0 amide bonds. The fourth-order valence-corrected chi connectivity index (χ4v) is 3.99. The second-order valence-corrected chi connectivity index (χ2v) is 8.69. The summed E-state index contributed by atoms with van der Waals surface area (Å²) in [6.45, 7) is 4.27. The van der Waals surface area contributed by atoms with Crippen LogP contribution in [0.25, 0.3) is 0 Å². The summed E-state index contributed by atoms with van der Waals surface area (Å²) in [4.78, 5) is 8.04. The highest BCUT2D eigenvalue weighted by Gasteiger charge is 2.35. The van der Waals surface area contributed by atoms with Gasteiger partial charge in [-0.05, 0) is 67.9 Å². The summed E-state index contributed by atoms with van der Waals surface area (Å²) in [5, 5.41) is 5.81. The van der Waals surface area contributed by atoms with Crippen LogP contribution in [-0.2, 0) is 6.18 Å². The molecule has 0 saturated heterocycles. The lowest BCUT2D eigenvalue weighted by atomic mass is 9.99. The molecule has 3 aromatic rings. The van der Waals surface area contributed by atoms with E-state index < -0.39 is 11.7 Å². The Balaban J connectivity index is 1.55. The number of hydrogen-bond acceptors (Lipinski definition) is 5. The Hall–Kier alpha value is -3.29. The molecule has 1 saturated carbocycles. The van der Waals surface area contributed by atoms with E-state index in [1.807, 2.05) is 30.3 Å². The predicted octanol–water partition coefficient (Wildman–Crippen LogP) is 7.82. The maximum Gasteiger partial charge on any atom is 0.421 e. The average Bonchev–Trinajstić information content (AvgIpc) is 3.32. The molecule has 1 aliphatic carbocycles. The molecule has 0 aliphatic heterocycles. The lowest BCUT2D eigenvalue weighted by molar-refractivity contribution is -0.137. The molecule has 1 fully saturated rings. The van der Waals surface area contributed by atoms with Crippen LogP contribution in [0, 0.1) is 0 Å². The van der Waals surface area contributed by atoms with Crippen LogP contribution in [0.4, 0.5) is 36.3 Å². The van der Waals surface area contributed by atoms with E-state index in [1.165, 1.54) is 5.56 Å². The lowest BCUT2D eigenvalue weighted by Crippen LogP contribution is -2.13. The molecule has 5 nitrogen and oxygen atoms in total. The Labute approximate surface area is 197 Å². The Morgan fingerprint density at radius 3 is 2.44 bits per heavy atom. The van der Waals surface area contributed by atoms with Gasteiger partial charge in [0.05, 0.1) is 6.10 Å². The van der Waals surface area contributed by atoms with Crippen molar-refractivity contribution in [2.24, 2.45) is 0 Å². The molecule has 2 N–H and O–H groups in total. The third-order valence-electron chi connectivity index (χ3n) is 6.14. The Kier molecular flexibility index (Phi) is 7.24. The third kappa shape index (κ3) is 5.98. The van der Waals surface area contributed by atoms with Gasteiger partial charge in [0.2, 0.25) is 5.95 Å². The standard InChI is InChI=1S/C26H29F3N4O/c1-3-17(2)18-11-13-19(14-12-18)32-25-30-16-23(26(27,28)29)24(33-25)31-20-7-6-10-22(15-20)34-21-8-4-5-9-21/h6-7,10-17,21H,3-5,8-9H2,1-2H3,(H2,30,31,32,33). The zero-order valence-electron chi connectivity index (χ0n) is 19.3. The van der Waals surface area contributed by atoms with Gasteiger partial charge >= 0.3 is 6.18 Å². The first-order chi connectivity index (χ1) is 16.3. The van der Waals surface area contributed by atoms with Gasteiger partial charge < -0.3 is 15.4 Å². The quantitative estimate of drug-likeness (QED) is 0.351. The Morgan fingerprint density at radius 1 is 1.03 bits per heavy atom. The molecule has 0 bridgehead atoms. The van der Waals surface area contributed by atoms with Crippen molar-refractivity contribution in [3.63, 3.8) is 0 Å². The van der Waals surface area contributed by atoms with Crippen molar-refractivity contribution in [1.29, 1.82) is 0 Å². The van der Waals surface area contributed by atoms with Crippen molar-refractivity contribution in [2.75, 3.05) is 10.6 Å². The van der Waals surface area contributed by atoms with E-state index in [2.05, 4.69) is 34.4 Å². The molecule has 180 valence electrons. The normalized spacial score (nSPS) is 15.2. The van der Waals surface area contributed by atoms with Crippen LogP contribution >= 0.6 is 0 Å². The average molecular weight is 471 g/mol. The lowest BCUT2D eigenvalue weighted by Gasteiger charge is -2.17. The highest BCUT2D eigenvalue weighted by atomic mass is 19.4. The van der Waals surface area contributed by atoms with Crippen molar-refractivity contribution >= 4 is 23.1 Å². The summed E-state index contributed by atoms with van der Waals surface area (Å²) in [5.41, 5.74) is 1.42. The van der Waals surface area contributed by atoms with E-state index in [4.69, 9.17) is 4.74 Å². The number of ether oxygens (including phenoxy) is 1. The highest BCUT2D eigenvalue weighted by molar-refractivity contribution is 5.64. The van der Waals surface area contributed by atoms with Crippen LogP contribution in [0.15, 0.2) is 54.7 Å². The van der Waals surface area contributed by atoms with Crippen LogP contribution in [0.5, 0.6) is 5.75 Å². The Morgan fingerprint density at radius 2 is 1.76 bits per heavy atom. The third-order valence-corrected chi connectivity index (χ3v) is 6.14. The number of nitrogens with one attached hydrogen (secondary N) is 2. The van der Waals surface area contributed by atoms with Gasteiger partial charge in [0.25, 0.3) is 0 Å². The molecule has 0 radical (unpaired) electrons. The van der Waals surface area contributed by atoms with Crippen molar-refractivity contribution in [3.05, 3.63) is 65.9 Å². The summed E-state index contributed by atoms with van der Waals surface area (Å²) >= 11 is 0. The van der Waals surface area contributed by atoms with Gasteiger partial charge in [-0.3, -0.25) is 0 Å². The van der Waals surface area contributed by atoms with E-state index in [0.717, 1.165) is 38.3 Å². The van der Waals surface area contributed by atoms with E-state index in [0.29, 0.717) is 23.0 Å². The van der Waals surface area contributed by atoms with E-state index >= 15 is 0 Å². The summed E-state index contributed by atoms with van der Waals surface area (Å²) in [6.07, 6.45) is 1.63. The summed E-state index contributed by atoms with van der Waals surface area (Å²) in [5.74, 6) is 0.809. The van der Waals surface area contributed by atoms with Crippen molar-refractivity contribution in [2.45, 2.75) is 64.1 Å². The van der Waals surface area contributed by atoms with Crippen LogP contribution in [0.2, 0.25) is 0 Å². The zero-order chi connectivity index (χ0) is 24.1. The Bertz CT molecular complexity index is 1100. The SMILES string of the molecule is CCC(C)c1ccc(Nc2ncc(C(F)(F)F)c(Nc3cccc(OC4CCCC4)c3)n2)cc1. The van der Waals surface area contributed by atoms with E-state index in [-0.39, 0.29) is 17.9 Å². The first-order valence-corrected chi connectivity index (χ1v) is 11.7. The minimum Gasteiger partial charge on any atom is -0.490 e. The van der Waals surface area contributed by atoms with E-state index in [9.17, 15) is 13.2 Å². The fourth-order valence-electron chi connectivity index (χ4n) is 3.99. The van der Waals surface area contributed by atoms with Crippen molar-refractivity contribution in [1.82, 2.24) is 9.97 Å². The van der Waals surface area contributed by atoms with Gasteiger partial charge in [-0.1, -0.05) is 32.0 Å². The monoisotopic (exact) mass is 470 g/mol. The van der Waals surface area contributed by atoms with Crippen molar-refractivity contribution < 1.29 is 17.9 Å². The number of halogens is 3. The smallest absolute Gasteiger partial charge is 0.421 e. The molecule has 1 aliphatic rings. The number of alkyl halides is 3. The molecule has 1 atom stereocenters. The number of nitrogens with zero attached hydrogens (tertiary/aromatic N) is 2. The van der Waals surface area contributed by atoms with Crippen molar-refractivity contribution in [3.8, 4) is 5.75 Å². The molecule has 34 heavy (non-hydrogen) atoms. The van der Waals surface area contributed by atoms with Crippen LogP contribution in [0.3, 0.4) is 0 Å². The predicted molar refractivity (Wildman–Crippen MR) is 128 cm³/mol. The molecule has 2 aromatic carbocycles. The molecular weight excluding hydrogens is 441 g/mol. The minimum atomic E-state index is -4.60. The number of aromatic nitrogens is 2. The molecule has 0 spiro atoms. The van der Waals surface area contributed by atoms with Gasteiger partial charge in [-0.2, -0.15) is 18.2 Å². The number of anilines is 4. The second kappa shape index (κ2) is 10.3. The number of rotatable bonds is 8. The maximum atomic E-state index is 13.6. The topological polar surface area (TPSA) is 59.1 Å². The first-order valence-electron chi connectivity index (χ1n) is 11.7. The summed E-state index contributed by atoms with van der Waals surface area (Å²) in [7, 11) is 0. The first kappa shape index (κ1) is 23.9. The molecule has 1 aromatic heterocycles. The highest BCUT2D eigenvalue weighted by Crippen LogP contribution is 2.36. The minimum absolute atomic E-state index is 0.0742. The van der Waals surface area contributed by atoms with Gasteiger partial charge in [0.1, 0.15) is 17.1 Å². The maximum absolute atomic E-state index is 13.6.